The first-order valence-electron chi connectivity index (χ1n) is 10.1. The van der Waals surface area contributed by atoms with Gasteiger partial charge in [0, 0.05) is 38.3 Å². The third kappa shape index (κ3) is 4.58. The number of carbonyl (C=O) groups is 1. The van der Waals surface area contributed by atoms with E-state index in [2.05, 4.69) is 25.6 Å². The Kier molecular flexibility index (Phi) is 5.73. The SMILES string of the molecule is CN(C)CCn1cc(C(F)(F)F)nc1C1CCN(c2ncnc3c2NC(=O)CN3)CC1. The molecule has 0 bridgehead atoms. The van der Waals surface area contributed by atoms with Crippen LogP contribution in [0.5, 0.6) is 0 Å². The number of hydrogen-bond acceptors (Lipinski definition) is 7. The third-order valence-electron chi connectivity index (χ3n) is 5.55. The van der Waals surface area contributed by atoms with Crippen LogP contribution < -0.4 is 15.5 Å². The van der Waals surface area contributed by atoms with Gasteiger partial charge in [-0.1, -0.05) is 0 Å². The minimum atomic E-state index is -4.47. The summed E-state index contributed by atoms with van der Waals surface area (Å²) in [4.78, 5) is 28.2. The Morgan fingerprint density at radius 3 is 2.65 bits per heavy atom. The average Bonchev–Trinajstić information content (AvgIpc) is 3.17. The first kappa shape index (κ1) is 21.3. The number of imidazole rings is 1. The lowest BCUT2D eigenvalue weighted by atomic mass is 9.95. The highest BCUT2D eigenvalue weighted by Gasteiger charge is 2.36. The summed E-state index contributed by atoms with van der Waals surface area (Å²) in [5.74, 6) is 1.42. The van der Waals surface area contributed by atoms with Gasteiger partial charge >= 0.3 is 6.18 Å². The monoisotopic (exact) mass is 438 g/mol. The number of carbonyl (C=O) groups excluding carboxylic acids is 1. The van der Waals surface area contributed by atoms with E-state index in [4.69, 9.17) is 0 Å². The van der Waals surface area contributed by atoms with Crippen molar-refractivity contribution in [3.63, 3.8) is 0 Å². The van der Waals surface area contributed by atoms with Crippen molar-refractivity contribution in [2.24, 2.45) is 0 Å². The van der Waals surface area contributed by atoms with Crippen LogP contribution in [0, 0.1) is 0 Å². The molecule has 2 N–H and O–H groups in total. The van der Waals surface area contributed by atoms with Crippen LogP contribution in [-0.2, 0) is 17.5 Å². The largest absolute Gasteiger partial charge is 0.434 e. The van der Waals surface area contributed by atoms with Crippen LogP contribution in [0.1, 0.15) is 30.3 Å². The zero-order valence-electron chi connectivity index (χ0n) is 17.4. The molecular weight excluding hydrogens is 413 g/mol. The van der Waals surface area contributed by atoms with Crippen molar-refractivity contribution < 1.29 is 18.0 Å². The van der Waals surface area contributed by atoms with Crippen LogP contribution in [-0.4, -0.2) is 70.6 Å². The molecule has 0 aliphatic carbocycles. The zero-order valence-corrected chi connectivity index (χ0v) is 17.4. The van der Waals surface area contributed by atoms with Crippen LogP contribution >= 0.6 is 0 Å². The van der Waals surface area contributed by atoms with Crippen molar-refractivity contribution in [2.75, 3.05) is 55.8 Å². The smallest absolute Gasteiger partial charge is 0.359 e. The second-order valence-electron chi connectivity index (χ2n) is 8.06. The lowest BCUT2D eigenvalue weighted by Gasteiger charge is -2.34. The first-order valence-corrected chi connectivity index (χ1v) is 10.1. The number of piperidine rings is 1. The molecule has 0 saturated carbocycles. The number of likely N-dealkylation sites (N-methyl/N-ethyl adjacent to an activating group) is 1. The minimum absolute atomic E-state index is 0.0834. The number of aromatic nitrogens is 4. The molecule has 168 valence electrons. The summed E-state index contributed by atoms with van der Waals surface area (Å²) in [6.07, 6.45) is -0.640. The molecule has 0 atom stereocenters. The molecule has 1 amide bonds. The van der Waals surface area contributed by atoms with Crippen molar-refractivity contribution in [3.05, 3.63) is 24.0 Å². The number of halogens is 3. The highest BCUT2D eigenvalue weighted by Crippen LogP contribution is 2.37. The fourth-order valence-electron chi connectivity index (χ4n) is 3.94. The van der Waals surface area contributed by atoms with Gasteiger partial charge in [0.1, 0.15) is 17.8 Å². The number of fused-ring (bicyclic) bond motifs is 1. The molecule has 1 saturated heterocycles. The standard InChI is InChI=1S/C19H25F3N8O/c1-28(2)7-8-30-10-13(19(20,21)22)26-17(30)12-3-5-29(6-4-12)18-15-16(24-11-25-18)23-9-14(31)27-15/h10-12H,3-9H2,1-2H3,(H,27,31)(H,23,24,25). The molecule has 0 unspecified atom stereocenters. The van der Waals surface area contributed by atoms with E-state index in [0.717, 1.165) is 6.20 Å². The van der Waals surface area contributed by atoms with Crippen LogP contribution in [0.15, 0.2) is 12.5 Å². The van der Waals surface area contributed by atoms with E-state index in [1.807, 2.05) is 23.9 Å². The van der Waals surface area contributed by atoms with E-state index in [1.54, 1.807) is 4.57 Å². The maximum absolute atomic E-state index is 13.3. The maximum Gasteiger partial charge on any atom is 0.434 e. The molecule has 2 aliphatic heterocycles. The topological polar surface area (TPSA) is 91.2 Å². The molecule has 4 heterocycles. The molecule has 0 spiro atoms. The van der Waals surface area contributed by atoms with E-state index in [9.17, 15) is 18.0 Å². The van der Waals surface area contributed by atoms with Gasteiger partial charge in [0.2, 0.25) is 5.91 Å². The Morgan fingerprint density at radius 2 is 1.97 bits per heavy atom. The average molecular weight is 438 g/mol. The van der Waals surface area contributed by atoms with Gasteiger partial charge in [-0.25, -0.2) is 15.0 Å². The Bertz CT molecular complexity index is 950. The van der Waals surface area contributed by atoms with E-state index in [-0.39, 0.29) is 18.4 Å². The zero-order chi connectivity index (χ0) is 22.2. The van der Waals surface area contributed by atoms with Gasteiger partial charge in [-0.05, 0) is 26.9 Å². The molecule has 2 aromatic rings. The number of alkyl halides is 3. The maximum atomic E-state index is 13.3. The van der Waals surface area contributed by atoms with Crippen molar-refractivity contribution >= 4 is 23.2 Å². The molecule has 4 rings (SSSR count). The summed E-state index contributed by atoms with van der Waals surface area (Å²) >= 11 is 0. The summed E-state index contributed by atoms with van der Waals surface area (Å²) in [5.41, 5.74) is -0.300. The molecule has 0 aromatic carbocycles. The fourth-order valence-corrected chi connectivity index (χ4v) is 3.94. The number of amides is 1. The summed E-state index contributed by atoms with van der Waals surface area (Å²) in [7, 11) is 3.77. The second kappa shape index (κ2) is 8.33. The van der Waals surface area contributed by atoms with Crippen LogP contribution in [0.25, 0.3) is 0 Å². The highest BCUT2D eigenvalue weighted by molar-refractivity contribution is 6.02. The van der Waals surface area contributed by atoms with Crippen molar-refractivity contribution in [1.82, 2.24) is 24.4 Å². The molecule has 12 heteroatoms. The summed E-state index contributed by atoms with van der Waals surface area (Å²) < 4.78 is 41.5. The number of nitrogens with zero attached hydrogens (tertiary/aromatic N) is 6. The number of anilines is 3. The molecule has 0 radical (unpaired) electrons. The quantitative estimate of drug-likeness (QED) is 0.738. The lowest BCUT2D eigenvalue weighted by Crippen LogP contribution is -2.37. The summed E-state index contributed by atoms with van der Waals surface area (Å²) in [5, 5.41) is 5.77. The Hall–Kier alpha value is -2.89. The summed E-state index contributed by atoms with van der Waals surface area (Å²) in [6, 6.07) is 0. The van der Waals surface area contributed by atoms with Gasteiger partial charge in [-0.15, -0.1) is 0 Å². The predicted molar refractivity (Wildman–Crippen MR) is 109 cm³/mol. The Morgan fingerprint density at radius 1 is 1.23 bits per heavy atom. The van der Waals surface area contributed by atoms with Gasteiger partial charge in [0.25, 0.3) is 0 Å². The van der Waals surface area contributed by atoms with Gasteiger partial charge in [0.15, 0.2) is 17.3 Å². The van der Waals surface area contributed by atoms with Crippen LogP contribution in [0.4, 0.5) is 30.5 Å². The van der Waals surface area contributed by atoms with Crippen LogP contribution in [0.2, 0.25) is 0 Å². The van der Waals surface area contributed by atoms with E-state index in [1.165, 1.54) is 6.33 Å². The normalized spacial score (nSPS) is 17.5. The minimum Gasteiger partial charge on any atom is -0.359 e. The summed E-state index contributed by atoms with van der Waals surface area (Å²) in [6.45, 7) is 2.41. The third-order valence-corrected chi connectivity index (χ3v) is 5.55. The number of rotatable bonds is 5. The molecule has 9 nitrogen and oxygen atoms in total. The van der Waals surface area contributed by atoms with Gasteiger partial charge in [-0.3, -0.25) is 4.79 Å². The fraction of sp³-hybridized carbons (Fsp3) is 0.579. The molecular formula is C19H25F3N8O. The van der Waals surface area contributed by atoms with Gasteiger partial charge in [0.05, 0.1) is 6.54 Å². The van der Waals surface area contributed by atoms with Gasteiger partial charge in [-0.2, -0.15) is 13.2 Å². The number of nitrogens with one attached hydrogen (secondary N) is 2. The Labute approximate surface area is 177 Å². The van der Waals surface area contributed by atoms with Crippen molar-refractivity contribution in [1.29, 1.82) is 0 Å². The lowest BCUT2D eigenvalue weighted by molar-refractivity contribution is -0.141. The van der Waals surface area contributed by atoms with E-state index < -0.39 is 11.9 Å². The van der Waals surface area contributed by atoms with Crippen molar-refractivity contribution in [2.45, 2.75) is 31.5 Å². The number of hydrogen-bond donors (Lipinski definition) is 2. The van der Waals surface area contributed by atoms with E-state index in [0.29, 0.717) is 62.2 Å². The molecule has 1 fully saturated rings. The highest BCUT2D eigenvalue weighted by atomic mass is 19.4. The molecule has 2 aliphatic rings. The first-order chi connectivity index (χ1) is 14.7. The Balaban J connectivity index is 1.52. The molecule has 2 aromatic heterocycles. The second-order valence-corrected chi connectivity index (χ2v) is 8.06. The van der Waals surface area contributed by atoms with Crippen LogP contribution in [0.3, 0.4) is 0 Å². The predicted octanol–water partition coefficient (Wildman–Crippen LogP) is 2.00. The van der Waals surface area contributed by atoms with Crippen molar-refractivity contribution in [3.8, 4) is 0 Å². The molecule has 31 heavy (non-hydrogen) atoms. The van der Waals surface area contributed by atoms with E-state index >= 15 is 0 Å². The van der Waals surface area contributed by atoms with Gasteiger partial charge < -0.3 is 25.0 Å².